The lowest BCUT2D eigenvalue weighted by Crippen LogP contribution is -2.44. The minimum Gasteiger partial charge on any atom is -0.267 e. The fraction of sp³-hybridized carbons (Fsp3) is 0.667. The third-order valence-electron chi connectivity index (χ3n) is 6.40. The molecule has 0 radical (unpaired) electrons. The van der Waals surface area contributed by atoms with E-state index in [2.05, 4.69) is 13.8 Å². The van der Waals surface area contributed by atoms with Crippen LogP contribution in [0.25, 0.3) is 0 Å². The van der Waals surface area contributed by atoms with Crippen molar-refractivity contribution in [3.8, 4) is 0 Å². The first-order valence-corrected chi connectivity index (χ1v) is 10.3. The molecule has 2 heterocycles. The molecule has 3 atom stereocenters. The zero-order valence-electron chi connectivity index (χ0n) is 12.5. The average molecular weight is 360 g/mol. The summed E-state index contributed by atoms with van der Waals surface area (Å²) in [6.45, 7) is 4.35. The van der Waals surface area contributed by atoms with Crippen molar-refractivity contribution in [1.29, 1.82) is 0 Å². The molecule has 1 amide bonds. The highest BCUT2D eigenvalue weighted by atomic mass is 35.5. The van der Waals surface area contributed by atoms with E-state index in [1.54, 1.807) is 12.1 Å². The SMILES string of the molecule is CC1(C)[C@@H]2CC[C@]13CS(=O)(=O)N(C(=O)c1ccc(Cl)s1)[C@@H]3C2. The maximum Gasteiger partial charge on any atom is 0.277 e. The summed E-state index contributed by atoms with van der Waals surface area (Å²) >= 11 is 7.04. The van der Waals surface area contributed by atoms with Gasteiger partial charge in [-0.25, -0.2) is 12.7 Å². The molecular weight excluding hydrogens is 342 g/mol. The molecule has 0 unspecified atom stereocenters. The van der Waals surface area contributed by atoms with Crippen LogP contribution in [0.5, 0.6) is 0 Å². The molecule has 3 fully saturated rings. The Morgan fingerprint density at radius 1 is 1.41 bits per heavy atom. The van der Waals surface area contributed by atoms with Crippen LogP contribution < -0.4 is 0 Å². The largest absolute Gasteiger partial charge is 0.277 e. The molecule has 1 saturated heterocycles. The van der Waals surface area contributed by atoms with Gasteiger partial charge < -0.3 is 0 Å². The van der Waals surface area contributed by atoms with Crippen LogP contribution in [0, 0.1) is 16.7 Å². The van der Waals surface area contributed by atoms with E-state index >= 15 is 0 Å². The number of amides is 1. The summed E-state index contributed by atoms with van der Waals surface area (Å²) in [6.07, 6.45) is 2.78. The Morgan fingerprint density at radius 2 is 2.14 bits per heavy atom. The van der Waals surface area contributed by atoms with Crippen LogP contribution >= 0.6 is 22.9 Å². The average Bonchev–Trinajstić information content (AvgIpc) is 3.06. The van der Waals surface area contributed by atoms with Crippen molar-refractivity contribution < 1.29 is 13.2 Å². The van der Waals surface area contributed by atoms with Crippen LogP contribution in [0.15, 0.2) is 12.1 Å². The number of halogens is 1. The molecule has 22 heavy (non-hydrogen) atoms. The summed E-state index contributed by atoms with van der Waals surface area (Å²) in [7, 11) is -3.55. The van der Waals surface area contributed by atoms with E-state index in [1.807, 2.05) is 0 Å². The van der Waals surface area contributed by atoms with E-state index in [1.165, 1.54) is 4.31 Å². The summed E-state index contributed by atoms with van der Waals surface area (Å²) in [6, 6.07) is 3.08. The summed E-state index contributed by atoms with van der Waals surface area (Å²) in [5.41, 5.74) is -0.292. The molecule has 1 aromatic heterocycles. The van der Waals surface area contributed by atoms with Gasteiger partial charge in [-0.1, -0.05) is 25.4 Å². The van der Waals surface area contributed by atoms with E-state index in [0.29, 0.717) is 15.1 Å². The second-order valence-corrected chi connectivity index (χ2v) is 10.9. The number of fused-ring (bicyclic) bond motifs is 1. The van der Waals surface area contributed by atoms with Crippen LogP contribution in [0.1, 0.15) is 42.8 Å². The van der Waals surface area contributed by atoms with Crippen LogP contribution in [0.3, 0.4) is 0 Å². The van der Waals surface area contributed by atoms with E-state index in [9.17, 15) is 13.2 Å². The first-order valence-electron chi connectivity index (χ1n) is 7.51. The predicted molar refractivity (Wildman–Crippen MR) is 86.6 cm³/mol. The molecule has 2 aliphatic carbocycles. The fourth-order valence-corrected chi connectivity index (χ4v) is 8.66. The molecule has 7 heteroatoms. The second kappa shape index (κ2) is 4.28. The van der Waals surface area contributed by atoms with Crippen molar-refractivity contribution in [3.63, 3.8) is 0 Å². The van der Waals surface area contributed by atoms with E-state index in [0.717, 1.165) is 30.6 Å². The van der Waals surface area contributed by atoms with Crippen molar-refractivity contribution in [2.75, 3.05) is 5.75 Å². The summed E-state index contributed by atoms with van der Waals surface area (Å²) < 4.78 is 27.2. The van der Waals surface area contributed by atoms with Gasteiger partial charge in [-0.05, 0) is 42.7 Å². The predicted octanol–water partition coefficient (Wildman–Crippen LogP) is 3.38. The van der Waals surface area contributed by atoms with Crippen LogP contribution in [0.2, 0.25) is 4.34 Å². The third kappa shape index (κ3) is 1.64. The first kappa shape index (κ1) is 15.0. The maximum atomic E-state index is 12.8. The first-order chi connectivity index (χ1) is 10.2. The molecule has 0 N–H and O–H groups in total. The number of hydrogen-bond donors (Lipinski definition) is 0. The number of rotatable bonds is 1. The van der Waals surface area contributed by atoms with Gasteiger partial charge in [0.2, 0.25) is 10.0 Å². The minimum absolute atomic E-state index is 0.0210. The summed E-state index contributed by atoms with van der Waals surface area (Å²) in [5.74, 6) is 0.219. The monoisotopic (exact) mass is 359 g/mol. The molecule has 1 spiro atoms. The molecule has 2 saturated carbocycles. The van der Waals surface area contributed by atoms with Crippen molar-refractivity contribution in [2.24, 2.45) is 16.7 Å². The zero-order chi connectivity index (χ0) is 15.9. The number of carbonyl (C=O) groups excluding carboxylic acids is 1. The van der Waals surface area contributed by atoms with Gasteiger partial charge in [0.25, 0.3) is 5.91 Å². The molecular formula is C15H18ClNO3S2. The Labute approximate surface area is 139 Å². The van der Waals surface area contributed by atoms with E-state index in [-0.39, 0.29) is 22.6 Å². The van der Waals surface area contributed by atoms with Crippen molar-refractivity contribution in [2.45, 2.75) is 39.2 Å². The number of nitrogens with zero attached hydrogens (tertiary/aromatic N) is 1. The lowest BCUT2D eigenvalue weighted by Gasteiger charge is -2.37. The second-order valence-electron chi connectivity index (χ2n) is 7.33. The van der Waals surface area contributed by atoms with Gasteiger partial charge in [-0.2, -0.15) is 0 Å². The van der Waals surface area contributed by atoms with Gasteiger partial charge in [0, 0.05) is 5.41 Å². The van der Waals surface area contributed by atoms with Crippen LogP contribution in [0.4, 0.5) is 0 Å². The van der Waals surface area contributed by atoms with E-state index < -0.39 is 15.9 Å². The summed E-state index contributed by atoms with van der Waals surface area (Å²) in [4.78, 5) is 13.2. The topological polar surface area (TPSA) is 54.5 Å². The molecule has 0 aromatic carbocycles. The van der Waals surface area contributed by atoms with Crippen molar-refractivity contribution in [1.82, 2.24) is 4.31 Å². The molecule has 3 aliphatic rings. The quantitative estimate of drug-likeness (QED) is 0.772. The molecule has 2 bridgehead atoms. The van der Waals surface area contributed by atoms with Gasteiger partial charge in [0.05, 0.1) is 21.0 Å². The van der Waals surface area contributed by atoms with Gasteiger partial charge in [0.15, 0.2) is 0 Å². The normalized spacial score (nSPS) is 37.5. The Bertz CT molecular complexity index is 770. The number of hydrogen-bond acceptors (Lipinski definition) is 4. The van der Waals surface area contributed by atoms with E-state index in [4.69, 9.17) is 11.6 Å². The Balaban J connectivity index is 1.80. The summed E-state index contributed by atoms with van der Waals surface area (Å²) in [5, 5.41) is 0. The maximum absolute atomic E-state index is 12.8. The van der Waals surface area contributed by atoms with Crippen molar-refractivity contribution >= 4 is 38.9 Å². The Morgan fingerprint density at radius 3 is 2.73 bits per heavy atom. The smallest absolute Gasteiger partial charge is 0.267 e. The molecule has 1 aliphatic heterocycles. The molecule has 4 rings (SSSR count). The highest BCUT2D eigenvalue weighted by molar-refractivity contribution is 7.90. The molecule has 120 valence electrons. The molecule has 4 nitrogen and oxygen atoms in total. The highest BCUT2D eigenvalue weighted by Gasteiger charge is 2.72. The lowest BCUT2D eigenvalue weighted by atomic mass is 9.69. The van der Waals surface area contributed by atoms with Gasteiger partial charge >= 0.3 is 0 Å². The highest BCUT2D eigenvalue weighted by Crippen LogP contribution is 2.70. The van der Waals surface area contributed by atoms with Crippen molar-refractivity contribution in [3.05, 3.63) is 21.3 Å². The van der Waals surface area contributed by atoms with Gasteiger partial charge in [-0.15, -0.1) is 11.3 Å². The standard InChI is InChI=1S/C15H18ClNO3S2/c1-14(2)9-5-6-15(14)8-22(19,20)17(11(15)7-9)13(18)10-3-4-12(16)21-10/h3-4,9,11H,5-8H2,1-2H3/t9-,11-,15-/m1/s1. The van der Waals surface area contributed by atoms with Crippen LogP contribution in [-0.2, 0) is 10.0 Å². The number of carbonyl (C=O) groups is 1. The third-order valence-corrected chi connectivity index (χ3v) is 9.51. The Hall–Kier alpha value is -0.590. The number of sulfonamides is 1. The fourth-order valence-electron chi connectivity index (χ4n) is 5.09. The van der Waals surface area contributed by atoms with Gasteiger partial charge in [-0.3, -0.25) is 4.79 Å². The number of thiophene rings is 1. The minimum atomic E-state index is -3.55. The molecule has 1 aromatic rings. The van der Waals surface area contributed by atoms with Gasteiger partial charge in [0.1, 0.15) is 0 Å². The van der Waals surface area contributed by atoms with Crippen LogP contribution in [-0.4, -0.2) is 30.4 Å². The zero-order valence-corrected chi connectivity index (χ0v) is 14.9. The lowest BCUT2D eigenvalue weighted by molar-refractivity contribution is 0.0705. The Kier molecular flexibility index (Phi) is 2.91.